The number of hydrogen-bond acceptors (Lipinski definition) is 5. The molecule has 0 aliphatic rings. The van der Waals surface area contributed by atoms with Crippen LogP contribution in [0.3, 0.4) is 0 Å². The van der Waals surface area contributed by atoms with Gasteiger partial charge >= 0.3 is 7.82 Å². The maximum Gasteiger partial charge on any atom is 0.472 e. The molecule has 3 atom stereocenters. The second-order valence-corrected chi connectivity index (χ2v) is 16.7. The number of unbranched alkanes of at least 4 members (excludes halogenated alkanes) is 4. The lowest BCUT2D eigenvalue weighted by atomic mass is 10.1. The van der Waals surface area contributed by atoms with Crippen LogP contribution in [0.1, 0.15) is 123 Å². The molecule has 332 valence electrons. The third-order valence-electron chi connectivity index (χ3n) is 8.59. The van der Waals surface area contributed by atoms with E-state index in [1.807, 2.05) is 27.2 Å². The number of amides is 1. The van der Waals surface area contributed by atoms with Gasteiger partial charge in [-0.3, -0.25) is 13.8 Å². The van der Waals surface area contributed by atoms with E-state index in [1.54, 1.807) is 6.08 Å². The van der Waals surface area contributed by atoms with Crippen LogP contribution >= 0.6 is 7.82 Å². The van der Waals surface area contributed by atoms with Gasteiger partial charge in [0.25, 0.3) is 0 Å². The molecule has 0 radical (unpaired) electrons. The first-order chi connectivity index (χ1) is 28.5. The van der Waals surface area contributed by atoms with Crippen molar-refractivity contribution in [2.45, 2.75) is 135 Å². The number of aliphatic hydroxyl groups is 1. The molecule has 0 aromatic carbocycles. The van der Waals surface area contributed by atoms with Crippen LogP contribution in [0.4, 0.5) is 0 Å². The summed E-state index contributed by atoms with van der Waals surface area (Å²) in [6.07, 6.45) is 61.2. The number of phosphoric acid groups is 1. The van der Waals surface area contributed by atoms with E-state index in [-0.39, 0.29) is 25.5 Å². The SMILES string of the molecule is CC/C=C\C/C=C\C/C=C\C/C=C\C/C=C\C/C=C\C/C=C\C/C=C\CCCCC(=O)NC(COP(=O)(O)OCC[N+](C)(C)C)C(O)/C=C/CC/C=C/CC/C=C/CC. The van der Waals surface area contributed by atoms with Crippen molar-refractivity contribution in [1.82, 2.24) is 5.32 Å². The van der Waals surface area contributed by atoms with E-state index in [4.69, 9.17) is 9.05 Å². The first kappa shape index (κ1) is 55.6. The number of aliphatic hydroxyl groups excluding tert-OH is 1. The highest BCUT2D eigenvalue weighted by Crippen LogP contribution is 2.43. The summed E-state index contributed by atoms with van der Waals surface area (Å²) in [5.74, 6) is -0.244. The number of nitrogens with zero attached hydrogens (tertiary/aromatic N) is 1. The van der Waals surface area contributed by atoms with E-state index in [9.17, 15) is 19.4 Å². The van der Waals surface area contributed by atoms with Crippen molar-refractivity contribution in [3.63, 3.8) is 0 Å². The van der Waals surface area contributed by atoms with E-state index in [0.29, 0.717) is 17.4 Å². The average Bonchev–Trinajstić information content (AvgIpc) is 3.19. The second-order valence-electron chi connectivity index (χ2n) is 15.3. The predicted molar refractivity (Wildman–Crippen MR) is 253 cm³/mol. The van der Waals surface area contributed by atoms with E-state index in [1.165, 1.54) is 0 Å². The van der Waals surface area contributed by atoms with Crippen LogP contribution in [-0.4, -0.2) is 73.4 Å². The van der Waals surface area contributed by atoms with Crippen molar-refractivity contribution in [2.75, 3.05) is 40.9 Å². The molecule has 0 spiro atoms. The van der Waals surface area contributed by atoms with Gasteiger partial charge in [-0.15, -0.1) is 0 Å². The molecular weight excluding hydrogens is 756 g/mol. The van der Waals surface area contributed by atoms with Gasteiger partial charge in [-0.1, -0.05) is 148 Å². The number of nitrogens with one attached hydrogen (secondary N) is 1. The molecule has 0 aliphatic carbocycles. The molecule has 3 N–H and O–H groups in total. The summed E-state index contributed by atoms with van der Waals surface area (Å²) in [6, 6.07) is -0.901. The maximum atomic E-state index is 12.8. The zero-order valence-corrected chi connectivity index (χ0v) is 38.3. The van der Waals surface area contributed by atoms with Crippen LogP contribution in [0.5, 0.6) is 0 Å². The molecule has 9 heteroatoms. The lowest BCUT2D eigenvalue weighted by molar-refractivity contribution is -0.870. The summed E-state index contributed by atoms with van der Waals surface area (Å²) >= 11 is 0. The summed E-state index contributed by atoms with van der Waals surface area (Å²) in [5, 5.41) is 13.7. The molecule has 8 nitrogen and oxygen atoms in total. The van der Waals surface area contributed by atoms with Crippen molar-refractivity contribution in [3.8, 4) is 0 Å². The number of rotatable bonds is 37. The topological polar surface area (TPSA) is 105 Å². The predicted octanol–water partition coefficient (Wildman–Crippen LogP) is 12.5. The van der Waals surface area contributed by atoms with E-state index >= 15 is 0 Å². The molecule has 59 heavy (non-hydrogen) atoms. The highest BCUT2D eigenvalue weighted by atomic mass is 31.2. The van der Waals surface area contributed by atoms with Crippen molar-refractivity contribution < 1.29 is 32.9 Å². The number of carbonyl (C=O) groups is 1. The molecule has 0 rings (SSSR count). The molecule has 1 amide bonds. The van der Waals surface area contributed by atoms with Gasteiger partial charge in [-0.2, -0.15) is 0 Å². The minimum Gasteiger partial charge on any atom is -0.387 e. The summed E-state index contributed by atoms with van der Waals surface area (Å²) in [4.78, 5) is 23.0. The molecule has 0 heterocycles. The zero-order chi connectivity index (χ0) is 43.6. The zero-order valence-electron chi connectivity index (χ0n) is 37.4. The molecule has 0 aromatic rings. The van der Waals surface area contributed by atoms with Crippen molar-refractivity contribution in [1.29, 1.82) is 0 Å². The van der Waals surface area contributed by atoms with E-state index in [0.717, 1.165) is 96.3 Å². The number of phosphoric ester groups is 1. The third kappa shape index (κ3) is 42.6. The molecule has 0 saturated heterocycles. The van der Waals surface area contributed by atoms with Gasteiger partial charge < -0.3 is 19.8 Å². The normalized spacial score (nSPS) is 15.6. The molecule has 0 aromatic heterocycles. The lowest BCUT2D eigenvalue weighted by Gasteiger charge is -2.25. The Morgan fingerprint density at radius 3 is 1.42 bits per heavy atom. The number of quaternary nitrogens is 1. The summed E-state index contributed by atoms with van der Waals surface area (Å²) in [7, 11) is 1.48. The smallest absolute Gasteiger partial charge is 0.387 e. The number of hydrogen-bond donors (Lipinski definition) is 3. The first-order valence-corrected chi connectivity index (χ1v) is 23.6. The van der Waals surface area contributed by atoms with Crippen LogP contribution in [0.2, 0.25) is 0 Å². The fourth-order valence-corrected chi connectivity index (χ4v) is 5.89. The molecular formula is C50H82N2O6P+. The molecule has 0 saturated carbocycles. The monoisotopic (exact) mass is 838 g/mol. The van der Waals surface area contributed by atoms with E-state index in [2.05, 4.69) is 141 Å². The largest absolute Gasteiger partial charge is 0.472 e. The fourth-order valence-electron chi connectivity index (χ4n) is 5.15. The van der Waals surface area contributed by atoms with Crippen LogP contribution in [0.15, 0.2) is 134 Å². The Morgan fingerprint density at radius 2 is 0.966 bits per heavy atom. The van der Waals surface area contributed by atoms with Gasteiger partial charge in [-0.25, -0.2) is 4.57 Å². The standard InChI is InChI=1S/C50H81N2O6P/c1-6-8-10-12-14-16-18-19-20-21-22-23-24-25-26-27-28-29-30-31-32-33-34-36-38-40-42-44-50(54)51-48(47-58-59(55,56)57-46-45-52(3,4)5)49(53)43-41-39-37-35-17-15-13-11-9-7-2/h8-11,14,16-17,19-20,22-23,25-26,28-29,31-32,34-36,41,43,48-49,53H,6-7,12-13,15,18,21,24,27,30,33,37-40,42,44-47H2,1-5H3,(H-,51,54,55,56)/p+1/b10-8-,11-9+,16-14-,20-19-,23-22-,26-25-,29-28-,32-31-,35-17+,36-34-,43-41+. The van der Waals surface area contributed by atoms with Crippen LogP contribution in [0.25, 0.3) is 0 Å². The Hall–Kier alpha value is -3.36. The van der Waals surface area contributed by atoms with Gasteiger partial charge in [-0.05, 0) is 103 Å². The first-order valence-electron chi connectivity index (χ1n) is 22.1. The number of likely N-dealkylation sites (N-methyl/N-ethyl adjacent to an activating group) is 1. The molecule has 0 aliphatic heterocycles. The third-order valence-corrected chi connectivity index (χ3v) is 9.58. The Morgan fingerprint density at radius 1 is 0.576 bits per heavy atom. The average molecular weight is 838 g/mol. The van der Waals surface area contributed by atoms with Crippen LogP contribution < -0.4 is 5.32 Å². The maximum absolute atomic E-state index is 12.8. The van der Waals surface area contributed by atoms with Gasteiger partial charge in [0.05, 0.1) is 39.9 Å². The highest BCUT2D eigenvalue weighted by Gasteiger charge is 2.27. The van der Waals surface area contributed by atoms with Crippen LogP contribution in [-0.2, 0) is 18.4 Å². The Labute approximate surface area is 360 Å². The van der Waals surface area contributed by atoms with Gasteiger partial charge in [0.1, 0.15) is 13.2 Å². The molecule has 0 fully saturated rings. The van der Waals surface area contributed by atoms with Gasteiger partial charge in [0.15, 0.2) is 0 Å². The van der Waals surface area contributed by atoms with Crippen LogP contribution in [0, 0.1) is 0 Å². The Balaban J connectivity index is 4.45. The minimum absolute atomic E-state index is 0.0359. The molecule has 0 bridgehead atoms. The quantitative estimate of drug-likeness (QED) is 0.0249. The van der Waals surface area contributed by atoms with Gasteiger partial charge in [0.2, 0.25) is 5.91 Å². The van der Waals surface area contributed by atoms with Gasteiger partial charge in [0, 0.05) is 6.42 Å². The number of allylic oxidation sites excluding steroid dienone is 21. The summed E-state index contributed by atoms with van der Waals surface area (Å²) < 4.78 is 23.4. The van der Waals surface area contributed by atoms with E-state index < -0.39 is 20.0 Å². The summed E-state index contributed by atoms with van der Waals surface area (Å²) in [6.45, 7) is 4.46. The Bertz CT molecular complexity index is 1410. The lowest BCUT2D eigenvalue weighted by Crippen LogP contribution is -2.45. The fraction of sp³-hybridized carbons (Fsp3) is 0.540. The van der Waals surface area contributed by atoms with Crippen molar-refractivity contribution >= 4 is 13.7 Å². The minimum atomic E-state index is -4.37. The highest BCUT2D eigenvalue weighted by molar-refractivity contribution is 7.47. The number of carbonyl (C=O) groups excluding carboxylic acids is 1. The van der Waals surface area contributed by atoms with Crippen molar-refractivity contribution in [2.24, 2.45) is 0 Å². The summed E-state index contributed by atoms with van der Waals surface area (Å²) in [5.41, 5.74) is 0. The molecule has 3 unspecified atom stereocenters. The Kier molecular flexibility index (Phi) is 37.8. The van der Waals surface area contributed by atoms with Crippen molar-refractivity contribution in [3.05, 3.63) is 134 Å². The second kappa shape index (κ2) is 40.1.